The van der Waals surface area contributed by atoms with Gasteiger partial charge in [-0.05, 0) is 89.6 Å². The van der Waals surface area contributed by atoms with Gasteiger partial charge in [-0.25, -0.2) is 4.98 Å². The standard InChI is InChI=1S/C37H32N3O.C14H16NSi.Ir/c1-22(2)30-20-26(25-12-7-6-8-13-25)21-31(23(3)4)34(30)40-33-17-10-9-16-32(33)39-36(40)29-15-11-14-27-28-19-18-24(5)38-37(28)41-35(27)29;1-16(2,3)13-9-10-14(15-11-13)12-7-5-4-6-8-12;/h6-14,16-23H,1-5H3;4-7,9-11H,1-3H3;/q2*-1;/i5D3;4D,5D,6D;. The van der Waals surface area contributed by atoms with Crippen LogP contribution in [0, 0.1) is 19.0 Å². The third-order valence-corrected chi connectivity index (χ3v) is 12.3. The van der Waals surface area contributed by atoms with E-state index in [1.807, 2.05) is 48.7 Å². The van der Waals surface area contributed by atoms with Gasteiger partial charge >= 0.3 is 0 Å². The summed E-state index contributed by atoms with van der Waals surface area (Å²) in [5.41, 5.74) is 10.7. The molecule has 4 heterocycles. The molecule has 0 atom stereocenters. The van der Waals surface area contributed by atoms with E-state index < -0.39 is 14.9 Å². The summed E-state index contributed by atoms with van der Waals surface area (Å²) in [4.78, 5) is 14.0. The SMILES string of the molecule is [2H]C([2H])([2H])c1ccc2c(n1)oc1c(-c3nc4ccccc4n3-c3c(C(C)C)cc(-c4ccccc4)cc3C(C)C)[c-]ccc12.[2H]c1[c-]c(-c2ccc([Si](C)(C)C)cn2)cc([2H])c1[2H].[Ir]. The zero-order chi connectivity index (χ0) is 45.0. The fourth-order valence-electron chi connectivity index (χ4n) is 7.24. The van der Waals surface area contributed by atoms with Crippen molar-refractivity contribution >= 4 is 46.4 Å². The average Bonchev–Trinajstić information content (AvgIpc) is 3.83. The maximum Gasteiger partial charge on any atom is 0.216 e. The van der Waals surface area contributed by atoms with Crippen molar-refractivity contribution in [2.45, 2.75) is 66.0 Å². The molecule has 9 rings (SSSR count). The minimum Gasteiger partial charge on any atom is -0.486 e. The number of benzene rings is 5. The van der Waals surface area contributed by atoms with Gasteiger partial charge in [-0.3, -0.25) is 4.98 Å². The third kappa shape index (κ3) is 8.00. The van der Waals surface area contributed by atoms with Crippen molar-refractivity contribution in [1.29, 1.82) is 0 Å². The molecular formula is C51H48IrN4OSi-2. The van der Waals surface area contributed by atoms with Crippen molar-refractivity contribution in [2.75, 3.05) is 0 Å². The van der Waals surface area contributed by atoms with Gasteiger partial charge in [0.15, 0.2) is 0 Å². The van der Waals surface area contributed by atoms with Crippen LogP contribution in [-0.4, -0.2) is 27.6 Å². The molecule has 0 aliphatic heterocycles. The fraction of sp³-hybridized carbons (Fsp3) is 0.196. The van der Waals surface area contributed by atoms with Crippen LogP contribution < -0.4 is 5.19 Å². The number of rotatable bonds is 7. The molecular weight excluding hydrogens is 905 g/mol. The molecule has 0 spiro atoms. The van der Waals surface area contributed by atoms with Crippen LogP contribution in [0.5, 0.6) is 0 Å². The number of pyridine rings is 2. The Hall–Kier alpha value is -5.46. The molecule has 1 radical (unpaired) electrons. The number of nitrogens with zero attached hydrogens (tertiary/aromatic N) is 4. The van der Waals surface area contributed by atoms with E-state index in [0.29, 0.717) is 28.2 Å². The number of aryl methyl sites for hydroxylation is 1. The second-order valence-electron chi connectivity index (χ2n) is 15.9. The Labute approximate surface area is 365 Å². The number of aromatic nitrogens is 4. The first-order chi connectivity index (χ1) is 29.9. The van der Waals surface area contributed by atoms with Crippen LogP contribution in [0.3, 0.4) is 0 Å². The predicted octanol–water partition coefficient (Wildman–Crippen LogP) is 13.1. The van der Waals surface area contributed by atoms with Gasteiger partial charge in [0, 0.05) is 49.9 Å². The van der Waals surface area contributed by atoms with Crippen LogP contribution in [0.25, 0.3) is 72.6 Å². The quantitative estimate of drug-likeness (QED) is 0.118. The van der Waals surface area contributed by atoms with Crippen molar-refractivity contribution < 1.29 is 32.7 Å². The molecule has 9 aromatic rings. The molecule has 0 aliphatic carbocycles. The smallest absolute Gasteiger partial charge is 0.216 e. The summed E-state index contributed by atoms with van der Waals surface area (Å²) in [5.74, 6) is 1.17. The molecule has 5 aromatic carbocycles. The van der Waals surface area contributed by atoms with E-state index in [4.69, 9.17) is 17.6 Å². The molecule has 0 aliphatic rings. The Kier molecular flexibility index (Phi) is 9.70. The molecule has 0 amide bonds. The van der Waals surface area contributed by atoms with Gasteiger partial charge in [-0.15, -0.1) is 54.0 Å². The Morgan fingerprint density at radius 3 is 2.17 bits per heavy atom. The number of furan rings is 1. The zero-order valence-electron chi connectivity index (χ0n) is 39.7. The second kappa shape index (κ2) is 16.8. The van der Waals surface area contributed by atoms with Crippen molar-refractivity contribution in [3.05, 3.63) is 162 Å². The summed E-state index contributed by atoms with van der Waals surface area (Å²) >= 11 is 0. The Morgan fingerprint density at radius 2 is 1.50 bits per heavy atom. The zero-order valence-corrected chi connectivity index (χ0v) is 37.0. The molecule has 0 saturated carbocycles. The molecule has 0 saturated heterocycles. The predicted molar refractivity (Wildman–Crippen MR) is 240 cm³/mol. The fourth-order valence-corrected chi connectivity index (χ4v) is 8.27. The van der Waals surface area contributed by atoms with Gasteiger partial charge in [0.25, 0.3) is 0 Å². The van der Waals surface area contributed by atoms with E-state index in [1.54, 1.807) is 12.1 Å². The van der Waals surface area contributed by atoms with Crippen LogP contribution in [0.2, 0.25) is 19.6 Å². The molecule has 7 heteroatoms. The Morgan fingerprint density at radius 1 is 0.759 bits per heavy atom. The van der Waals surface area contributed by atoms with Gasteiger partial charge in [-0.2, -0.15) is 0 Å². The largest absolute Gasteiger partial charge is 0.486 e. The van der Waals surface area contributed by atoms with Crippen molar-refractivity contribution in [1.82, 2.24) is 19.5 Å². The maximum absolute atomic E-state index is 7.83. The van der Waals surface area contributed by atoms with Crippen molar-refractivity contribution in [3.8, 4) is 39.5 Å². The topological polar surface area (TPSA) is 56.7 Å². The first kappa shape index (κ1) is 33.5. The van der Waals surface area contributed by atoms with E-state index in [0.717, 1.165) is 27.5 Å². The van der Waals surface area contributed by atoms with Crippen LogP contribution >= 0.6 is 0 Å². The summed E-state index contributed by atoms with van der Waals surface area (Å²) in [6.45, 7) is 13.4. The summed E-state index contributed by atoms with van der Waals surface area (Å²) in [6, 6.07) is 42.1. The summed E-state index contributed by atoms with van der Waals surface area (Å²) in [6.07, 6.45) is 1.87. The van der Waals surface area contributed by atoms with Gasteiger partial charge in [0.2, 0.25) is 5.71 Å². The van der Waals surface area contributed by atoms with Crippen LogP contribution in [0.4, 0.5) is 0 Å². The average molecular weight is 959 g/mol. The van der Waals surface area contributed by atoms with Gasteiger partial charge < -0.3 is 14.0 Å². The van der Waals surface area contributed by atoms with Crippen molar-refractivity contribution in [3.63, 3.8) is 0 Å². The minimum absolute atomic E-state index is 0. The van der Waals surface area contributed by atoms with Crippen molar-refractivity contribution in [2.24, 2.45) is 0 Å². The van der Waals surface area contributed by atoms with E-state index in [-0.39, 0.29) is 61.5 Å². The Bertz CT molecular complexity index is 3090. The summed E-state index contributed by atoms with van der Waals surface area (Å²) in [7, 11) is -1.36. The van der Waals surface area contributed by atoms with E-state index in [2.05, 4.69) is 123 Å². The van der Waals surface area contributed by atoms with Gasteiger partial charge in [0.1, 0.15) is 0 Å². The first-order valence-corrected chi connectivity index (χ1v) is 22.8. The number of hydrogen-bond donors (Lipinski definition) is 0. The van der Waals surface area contributed by atoms with E-state index in [9.17, 15) is 0 Å². The molecule has 4 aromatic heterocycles. The van der Waals surface area contributed by atoms with Gasteiger partial charge in [0.05, 0.1) is 30.5 Å². The molecule has 0 N–H and O–H groups in total. The third-order valence-electron chi connectivity index (χ3n) is 10.3. The molecule has 0 bridgehead atoms. The van der Waals surface area contributed by atoms with Crippen LogP contribution in [-0.2, 0) is 20.1 Å². The van der Waals surface area contributed by atoms with Gasteiger partial charge in [-0.1, -0.05) is 113 Å². The first-order valence-electron chi connectivity index (χ1n) is 22.3. The van der Waals surface area contributed by atoms with Crippen LogP contribution in [0.15, 0.2) is 138 Å². The normalized spacial score (nSPS) is 13.3. The monoisotopic (exact) mass is 959 g/mol. The molecule has 0 unspecified atom stereocenters. The molecule has 58 heavy (non-hydrogen) atoms. The number of hydrogen-bond acceptors (Lipinski definition) is 4. The maximum atomic E-state index is 7.83. The minimum atomic E-state index is -2.33. The van der Waals surface area contributed by atoms with E-state index in [1.165, 1.54) is 33.5 Å². The van der Waals surface area contributed by atoms with Crippen LogP contribution in [0.1, 0.15) is 64.6 Å². The summed E-state index contributed by atoms with van der Waals surface area (Å²) < 4.78 is 54.9. The number of imidazole rings is 1. The molecule has 5 nitrogen and oxygen atoms in total. The van der Waals surface area contributed by atoms with E-state index >= 15 is 0 Å². The summed E-state index contributed by atoms with van der Waals surface area (Å²) in [5, 5.41) is 2.86. The Balaban J connectivity index is 0.000000258. The second-order valence-corrected chi connectivity index (χ2v) is 21.0. The number of fused-ring (bicyclic) bond motifs is 4. The number of para-hydroxylation sites is 2. The molecule has 293 valence electrons. The molecule has 0 fully saturated rings.